The summed E-state index contributed by atoms with van der Waals surface area (Å²) in [6.45, 7) is 0. The maximum Gasteiger partial charge on any atom is 0.266 e. The predicted octanol–water partition coefficient (Wildman–Crippen LogP) is 3.35. The highest BCUT2D eigenvalue weighted by Gasteiger charge is 2.17. The second-order valence-corrected chi connectivity index (χ2v) is 7.39. The maximum absolute atomic E-state index is 13.4. The molecule has 5 rings (SSSR count). The lowest BCUT2D eigenvalue weighted by Gasteiger charge is -2.16. The van der Waals surface area contributed by atoms with Crippen LogP contribution in [0.4, 0.5) is 0 Å². The molecule has 0 aliphatic rings. The van der Waals surface area contributed by atoms with Gasteiger partial charge in [0.25, 0.3) is 5.56 Å². The lowest BCUT2D eigenvalue weighted by Crippen LogP contribution is -2.24. The first-order chi connectivity index (χ1) is 14.8. The van der Waals surface area contributed by atoms with Gasteiger partial charge >= 0.3 is 0 Å². The average Bonchev–Trinajstić information content (AvgIpc) is 3.27. The van der Waals surface area contributed by atoms with Crippen molar-refractivity contribution in [3.8, 4) is 11.4 Å². The van der Waals surface area contributed by atoms with Crippen LogP contribution in [0.5, 0.6) is 5.75 Å². The average molecular weight is 416 g/mol. The molecular formula is C21H16N6O2S. The molecule has 0 aliphatic heterocycles. The van der Waals surface area contributed by atoms with Crippen molar-refractivity contribution >= 4 is 33.8 Å². The zero-order valence-electron chi connectivity index (χ0n) is 15.9. The molecule has 0 spiro atoms. The van der Waals surface area contributed by atoms with Crippen LogP contribution < -0.4 is 10.3 Å². The number of benzene rings is 2. The number of thioether (sulfide) groups is 1. The highest BCUT2D eigenvalue weighted by Crippen LogP contribution is 2.28. The Morgan fingerprint density at radius 3 is 2.80 bits per heavy atom. The molecule has 0 unspecified atom stereocenters. The van der Waals surface area contributed by atoms with Gasteiger partial charge in [-0.25, -0.2) is 19.9 Å². The van der Waals surface area contributed by atoms with E-state index in [1.165, 1.54) is 18.1 Å². The predicted molar refractivity (Wildman–Crippen MR) is 115 cm³/mol. The fourth-order valence-electron chi connectivity index (χ4n) is 3.32. The number of H-pyrrole nitrogens is 1. The number of aromatic amines is 1. The number of para-hydroxylation sites is 3. The molecule has 1 N–H and O–H groups in total. The van der Waals surface area contributed by atoms with Gasteiger partial charge in [-0.1, -0.05) is 36.0 Å². The largest absolute Gasteiger partial charge is 0.495 e. The van der Waals surface area contributed by atoms with Gasteiger partial charge in [-0.3, -0.25) is 9.36 Å². The third-order valence-corrected chi connectivity index (χ3v) is 5.68. The number of aromatic nitrogens is 6. The normalized spacial score (nSPS) is 11.2. The summed E-state index contributed by atoms with van der Waals surface area (Å²) in [5.41, 5.74) is 2.51. The zero-order valence-corrected chi connectivity index (χ0v) is 16.8. The van der Waals surface area contributed by atoms with Gasteiger partial charge in [-0.2, -0.15) is 0 Å². The molecule has 5 aromatic rings. The van der Waals surface area contributed by atoms with Crippen molar-refractivity contribution in [2.75, 3.05) is 7.11 Å². The molecule has 9 heteroatoms. The Kier molecular flexibility index (Phi) is 4.64. The van der Waals surface area contributed by atoms with Crippen molar-refractivity contribution < 1.29 is 4.74 Å². The summed E-state index contributed by atoms with van der Waals surface area (Å²) < 4.78 is 7.11. The van der Waals surface area contributed by atoms with Crippen LogP contribution in [0.25, 0.3) is 27.8 Å². The molecule has 0 aliphatic carbocycles. The lowest BCUT2D eigenvalue weighted by atomic mass is 10.2. The monoisotopic (exact) mass is 416 g/mol. The van der Waals surface area contributed by atoms with Gasteiger partial charge in [-0.05, 0) is 24.3 Å². The Balaban J connectivity index is 1.67. The first kappa shape index (κ1) is 18.3. The summed E-state index contributed by atoms with van der Waals surface area (Å²) in [6.07, 6.45) is 3.06. The van der Waals surface area contributed by atoms with E-state index in [0.29, 0.717) is 39.6 Å². The van der Waals surface area contributed by atoms with Crippen LogP contribution in [0.15, 0.2) is 71.0 Å². The number of hydrogen-bond acceptors (Lipinski definition) is 7. The summed E-state index contributed by atoms with van der Waals surface area (Å²) in [6, 6.07) is 14.7. The second kappa shape index (κ2) is 7.60. The third-order valence-electron chi connectivity index (χ3n) is 4.70. The van der Waals surface area contributed by atoms with Gasteiger partial charge in [0, 0.05) is 0 Å². The minimum Gasteiger partial charge on any atom is -0.495 e. The molecule has 0 amide bonds. The Morgan fingerprint density at radius 1 is 1.07 bits per heavy atom. The first-order valence-corrected chi connectivity index (χ1v) is 10.2. The highest BCUT2D eigenvalue weighted by molar-refractivity contribution is 7.98. The van der Waals surface area contributed by atoms with Gasteiger partial charge in [0.05, 0.1) is 35.8 Å². The molecule has 0 fully saturated rings. The van der Waals surface area contributed by atoms with E-state index in [9.17, 15) is 4.79 Å². The van der Waals surface area contributed by atoms with Crippen LogP contribution in [0, 0.1) is 0 Å². The summed E-state index contributed by atoms with van der Waals surface area (Å²) in [7, 11) is 1.59. The fourth-order valence-corrected chi connectivity index (χ4v) is 4.20. The van der Waals surface area contributed by atoms with E-state index in [2.05, 4.69) is 19.9 Å². The number of rotatable bonds is 5. The van der Waals surface area contributed by atoms with Gasteiger partial charge in [0.1, 0.15) is 28.4 Å². The van der Waals surface area contributed by atoms with E-state index >= 15 is 0 Å². The van der Waals surface area contributed by atoms with Crippen molar-refractivity contribution in [1.29, 1.82) is 0 Å². The summed E-state index contributed by atoms with van der Waals surface area (Å²) in [5.74, 6) is 1.61. The lowest BCUT2D eigenvalue weighted by molar-refractivity contribution is 0.412. The quantitative estimate of drug-likeness (QED) is 0.346. The summed E-state index contributed by atoms with van der Waals surface area (Å²) in [4.78, 5) is 33.9. The molecule has 0 atom stereocenters. The number of imidazole rings is 1. The molecule has 0 bridgehead atoms. The number of ether oxygens (including phenoxy) is 1. The minimum atomic E-state index is -0.143. The molecule has 8 nitrogen and oxygen atoms in total. The molecule has 30 heavy (non-hydrogen) atoms. The molecule has 0 radical (unpaired) electrons. The first-order valence-electron chi connectivity index (χ1n) is 9.17. The minimum absolute atomic E-state index is 0.143. The topological polar surface area (TPSA) is 98.6 Å². The number of hydrogen-bond donors (Lipinski definition) is 1. The highest BCUT2D eigenvalue weighted by atomic mass is 32.2. The number of nitrogens with one attached hydrogen (secondary N) is 1. The molecule has 3 heterocycles. The molecule has 0 saturated carbocycles. The molecule has 3 aromatic heterocycles. The molecular weight excluding hydrogens is 400 g/mol. The van der Waals surface area contributed by atoms with Gasteiger partial charge < -0.3 is 9.72 Å². The van der Waals surface area contributed by atoms with E-state index < -0.39 is 0 Å². The van der Waals surface area contributed by atoms with Crippen molar-refractivity contribution in [3.63, 3.8) is 0 Å². The number of methoxy groups -OCH3 is 1. The Bertz CT molecular complexity index is 1430. The Labute approximate surface area is 175 Å². The van der Waals surface area contributed by atoms with Gasteiger partial charge in [0.15, 0.2) is 5.65 Å². The summed E-state index contributed by atoms with van der Waals surface area (Å²) in [5, 5.41) is 1.29. The van der Waals surface area contributed by atoms with E-state index in [1.807, 2.05) is 42.5 Å². The van der Waals surface area contributed by atoms with Gasteiger partial charge in [-0.15, -0.1) is 0 Å². The van der Waals surface area contributed by atoms with Crippen molar-refractivity contribution in [2.45, 2.75) is 10.8 Å². The standard InChI is InChI=1S/C21H16N6O2S/c1-29-16-9-5-4-8-15(16)27-17(26-14-7-3-2-6-13(14)21(27)28)10-30-20-18-19(23-11-22-18)24-12-25-20/h2-9,11-12H,10H2,1H3,(H,22,23,24,25). The molecule has 2 aromatic carbocycles. The van der Waals surface area contributed by atoms with Crippen LogP contribution in [-0.4, -0.2) is 36.6 Å². The maximum atomic E-state index is 13.4. The van der Waals surface area contributed by atoms with Crippen molar-refractivity contribution in [3.05, 3.63) is 77.4 Å². The van der Waals surface area contributed by atoms with Crippen LogP contribution in [0.2, 0.25) is 0 Å². The van der Waals surface area contributed by atoms with Crippen LogP contribution in [0.3, 0.4) is 0 Å². The van der Waals surface area contributed by atoms with Crippen LogP contribution in [-0.2, 0) is 5.75 Å². The Hall–Kier alpha value is -3.72. The number of nitrogens with zero attached hydrogens (tertiary/aromatic N) is 5. The van der Waals surface area contributed by atoms with E-state index in [-0.39, 0.29) is 5.56 Å². The Morgan fingerprint density at radius 2 is 1.90 bits per heavy atom. The SMILES string of the molecule is COc1ccccc1-n1c(CSc2ncnc3nc[nH]c23)nc2ccccc2c1=O. The smallest absolute Gasteiger partial charge is 0.266 e. The molecule has 0 saturated heterocycles. The van der Waals surface area contributed by atoms with Crippen LogP contribution >= 0.6 is 11.8 Å². The van der Waals surface area contributed by atoms with Gasteiger partial charge in [0.2, 0.25) is 0 Å². The third kappa shape index (κ3) is 3.09. The van der Waals surface area contributed by atoms with E-state index in [4.69, 9.17) is 9.72 Å². The van der Waals surface area contributed by atoms with E-state index in [0.717, 1.165) is 10.5 Å². The van der Waals surface area contributed by atoms with Crippen molar-refractivity contribution in [2.24, 2.45) is 0 Å². The van der Waals surface area contributed by atoms with Crippen molar-refractivity contribution in [1.82, 2.24) is 29.5 Å². The second-order valence-electron chi connectivity index (χ2n) is 6.43. The summed E-state index contributed by atoms with van der Waals surface area (Å²) >= 11 is 1.46. The van der Waals surface area contributed by atoms with E-state index in [1.54, 1.807) is 24.1 Å². The van der Waals surface area contributed by atoms with Crippen LogP contribution in [0.1, 0.15) is 5.82 Å². The zero-order chi connectivity index (χ0) is 20.5. The number of fused-ring (bicyclic) bond motifs is 2. The molecule has 148 valence electrons. The fraction of sp³-hybridized carbons (Fsp3) is 0.0952.